The molecule has 2 nitrogen and oxygen atoms in total. The third kappa shape index (κ3) is 2.51. The second-order valence-corrected chi connectivity index (χ2v) is 4.72. The summed E-state index contributed by atoms with van der Waals surface area (Å²) in [6, 6.07) is 8.24. The van der Waals surface area contributed by atoms with Crippen molar-refractivity contribution in [3.05, 3.63) is 34.9 Å². The number of hydrogen-bond acceptors (Lipinski definition) is 2. The fraction of sp³-hybridized carbons (Fsp3) is 0.500. The molecule has 3 heteroatoms. The van der Waals surface area contributed by atoms with Gasteiger partial charge in [-0.25, -0.2) is 0 Å². The van der Waals surface area contributed by atoms with Gasteiger partial charge in [-0.2, -0.15) is 0 Å². The van der Waals surface area contributed by atoms with E-state index in [0.717, 1.165) is 17.2 Å². The van der Waals surface area contributed by atoms with Crippen molar-refractivity contribution in [2.24, 2.45) is 5.92 Å². The maximum atomic E-state index is 5.84. The van der Waals surface area contributed by atoms with Gasteiger partial charge in [-0.3, -0.25) is 5.32 Å². The molecule has 82 valence electrons. The summed E-state index contributed by atoms with van der Waals surface area (Å²) >= 11 is 5.84. The molecule has 0 spiro atoms. The molecule has 15 heavy (non-hydrogen) atoms. The quantitative estimate of drug-likeness (QED) is 0.836. The Hall–Kier alpha value is -0.570. The van der Waals surface area contributed by atoms with E-state index < -0.39 is 0 Å². The lowest BCUT2D eigenvalue weighted by molar-refractivity contribution is 0.1000. The highest BCUT2D eigenvalue weighted by Crippen LogP contribution is 2.24. The van der Waals surface area contributed by atoms with Crippen LogP contribution in [0.4, 0.5) is 0 Å². The zero-order valence-electron chi connectivity index (χ0n) is 9.03. The lowest BCUT2D eigenvalue weighted by atomic mass is 10.1. The van der Waals surface area contributed by atoms with Crippen LogP contribution in [0.15, 0.2) is 24.3 Å². The van der Waals surface area contributed by atoms with E-state index in [9.17, 15) is 0 Å². The standard InChI is InChI=1S/C12H16ClNO/c1-8(2)11-7-15-12(14-11)9-3-5-10(13)6-4-9/h3-6,8,11-12,14H,7H2,1-2H3/t11-,12+/m1/s1. The van der Waals surface area contributed by atoms with Crippen LogP contribution < -0.4 is 5.32 Å². The lowest BCUT2D eigenvalue weighted by Gasteiger charge is -2.14. The van der Waals surface area contributed by atoms with Crippen LogP contribution in [0.3, 0.4) is 0 Å². The summed E-state index contributed by atoms with van der Waals surface area (Å²) in [5.41, 5.74) is 1.14. The average Bonchev–Trinajstić information content (AvgIpc) is 2.68. The minimum atomic E-state index is 0.0228. The molecule has 1 aliphatic heterocycles. The summed E-state index contributed by atoms with van der Waals surface area (Å²) in [7, 11) is 0. The van der Waals surface area contributed by atoms with Gasteiger partial charge in [-0.15, -0.1) is 0 Å². The van der Waals surface area contributed by atoms with E-state index in [2.05, 4.69) is 19.2 Å². The molecule has 1 saturated heterocycles. The molecule has 0 radical (unpaired) electrons. The van der Waals surface area contributed by atoms with Crippen LogP contribution in [0, 0.1) is 5.92 Å². The second-order valence-electron chi connectivity index (χ2n) is 4.28. The molecule has 1 aliphatic rings. The number of hydrogen-bond donors (Lipinski definition) is 1. The van der Waals surface area contributed by atoms with Crippen molar-refractivity contribution >= 4 is 11.6 Å². The molecule has 1 aromatic rings. The Morgan fingerprint density at radius 3 is 2.53 bits per heavy atom. The Kier molecular flexibility index (Phi) is 3.29. The Morgan fingerprint density at radius 1 is 1.33 bits per heavy atom. The van der Waals surface area contributed by atoms with E-state index in [1.165, 1.54) is 0 Å². The Labute approximate surface area is 95.6 Å². The number of rotatable bonds is 2. The fourth-order valence-corrected chi connectivity index (χ4v) is 1.83. The average molecular weight is 226 g/mol. The van der Waals surface area contributed by atoms with E-state index in [1.54, 1.807) is 0 Å². The minimum Gasteiger partial charge on any atom is -0.357 e. The topological polar surface area (TPSA) is 21.3 Å². The number of halogens is 1. The Morgan fingerprint density at radius 2 is 2.00 bits per heavy atom. The molecule has 2 atom stereocenters. The third-order valence-corrected chi connectivity index (χ3v) is 3.04. The van der Waals surface area contributed by atoms with Gasteiger partial charge < -0.3 is 4.74 Å². The maximum Gasteiger partial charge on any atom is 0.134 e. The van der Waals surface area contributed by atoms with Gasteiger partial charge in [0.15, 0.2) is 0 Å². The first kappa shape index (κ1) is 10.9. The van der Waals surface area contributed by atoms with Crippen molar-refractivity contribution in [2.75, 3.05) is 6.61 Å². The normalized spacial score (nSPS) is 26.1. The van der Waals surface area contributed by atoms with Gasteiger partial charge >= 0.3 is 0 Å². The van der Waals surface area contributed by atoms with Crippen LogP contribution in [0.5, 0.6) is 0 Å². The maximum absolute atomic E-state index is 5.84. The van der Waals surface area contributed by atoms with Crippen molar-refractivity contribution in [1.29, 1.82) is 0 Å². The molecular formula is C12H16ClNO. The highest BCUT2D eigenvalue weighted by Gasteiger charge is 2.27. The molecule has 0 saturated carbocycles. The van der Waals surface area contributed by atoms with E-state index in [4.69, 9.17) is 16.3 Å². The minimum absolute atomic E-state index is 0.0228. The molecule has 0 unspecified atom stereocenters. The molecule has 0 aliphatic carbocycles. The predicted octanol–water partition coefficient (Wildman–Crippen LogP) is 2.98. The smallest absolute Gasteiger partial charge is 0.134 e. The Balaban J connectivity index is 2.04. The highest BCUT2D eigenvalue weighted by molar-refractivity contribution is 6.30. The van der Waals surface area contributed by atoms with Crippen LogP contribution in [-0.2, 0) is 4.74 Å². The van der Waals surface area contributed by atoms with E-state index >= 15 is 0 Å². The largest absolute Gasteiger partial charge is 0.357 e. The summed E-state index contributed by atoms with van der Waals surface area (Å²) in [6.45, 7) is 5.18. The van der Waals surface area contributed by atoms with Crippen LogP contribution in [-0.4, -0.2) is 12.6 Å². The van der Waals surface area contributed by atoms with Gasteiger partial charge in [0.1, 0.15) is 6.23 Å². The highest BCUT2D eigenvalue weighted by atomic mass is 35.5. The van der Waals surface area contributed by atoms with E-state index in [-0.39, 0.29) is 6.23 Å². The van der Waals surface area contributed by atoms with Crippen LogP contribution >= 0.6 is 11.6 Å². The summed E-state index contributed by atoms with van der Waals surface area (Å²) < 4.78 is 5.70. The predicted molar refractivity (Wildman–Crippen MR) is 61.9 cm³/mol. The molecule has 0 aromatic heterocycles. The Bertz CT molecular complexity index is 323. The number of benzene rings is 1. The zero-order valence-corrected chi connectivity index (χ0v) is 9.79. The first-order chi connectivity index (χ1) is 7.16. The summed E-state index contributed by atoms with van der Waals surface area (Å²) in [5.74, 6) is 0.599. The molecule has 1 fully saturated rings. The monoisotopic (exact) mass is 225 g/mol. The molecule has 1 aromatic carbocycles. The number of nitrogens with one attached hydrogen (secondary N) is 1. The summed E-state index contributed by atoms with van der Waals surface area (Å²) in [5, 5.41) is 4.22. The molecule has 2 rings (SSSR count). The van der Waals surface area contributed by atoms with Crippen molar-refractivity contribution in [2.45, 2.75) is 26.1 Å². The summed E-state index contributed by atoms with van der Waals surface area (Å²) in [4.78, 5) is 0. The van der Waals surface area contributed by atoms with Gasteiger partial charge in [-0.05, 0) is 23.6 Å². The van der Waals surface area contributed by atoms with Gasteiger partial charge in [0.2, 0.25) is 0 Å². The zero-order chi connectivity index (χ0) is 10.8. The van der Waals surface area contributed by atoms with Crippen molar-refractivity contribution in [3.63, 3.8) is 0 Å². The van der Waals surface area contributed by atoms with Gasteiger partial charge in [0.05, 0.1) is 6.61 Å². The van der Waals surface area contributed by atoms with Gasteiger partial charge in [-0.1, -0.05) is 37.6 Å². The van der Waals surface area contributed by atoms with E-state index in [0.29, 0.717) is 12.0 Å². The molecule has 1 N–H and O–H groups in total. The fourth-order valence-electron chi connectivity index (χ4n) is 1.71. The first-order valence-corrected chi connectivity index (χ1v) is 5.67. The molecule has 1 heterocycles. The first-order valence-electron chi connectivity index (χ1n) is 5.30. The van der Waals surface area contributed by atoms with Crippen molar-refractivity contribution < 1.29 is 4.74 Å². The van der Waals surface area contributed by atoms with Crippen LogP contribution in [0.25, 0.3) is 0 Å². The molecular weight excluding hydrogens is 210 g/mol. The van der Waals surface area contributed by atoms with Gasteiger partial charge in [0, 0.05) is 11.1 Å². The van der Waals surface area contributed by atoms with E-state index in [1.807, 2.05) is 24.3 Å². The SMILES string of the molecule is CC(C)[C@H]1CO[C@@H](c2ccc(Cl)cc2)N1. The third-order valence-electron chi connectivity index (χ3n) is 2.79. The molecule has 0 bridgehead atoms. The van der Waals surface area contributed by atoms with Crippen molar-refractivity contribution in [1.82, 2.24) is 5.32 Å². The number of ether oxygens (including phenoxy) is 1. The lowest BCUT2D eigenvalue weighted by Crippen LogP contribution is -2.30. The van der Waals surface area contributed by atoms with Crippen molar-refractivity contribution in [3.8, 4) is 0 Å². The second kappa shape index (κ2) is 4.52. The van der Waals surface area contributed by atoms with Gasteiger partial charge in [0.25, 0.3) is 0 Å². The molecule has 0 amide bonds. The van der Waals surface area contributed by atoms with Crippen LogP contribution in [0.2, 0.25) is 5.02 Å². The van der Waals surface area contributed by atoms with Crippen LogP contribution in [0.1, 0.15) is 25.6 Å². The summed E-state index contributed by atoms with van der Waals surface area (Å²) in [6.07, 6.45) is 0.0228.